The Labute approximate surface area is 113 Å². The van der Waals surface area contributed by atoms with E-state index in [-0.39, 0.29) is 18.2 Å². The summed E-state index contributed by atoms with van der Waals surface area (Å²) in [7, 11) is 0. The number of alkyl halides is 1. The van der Waals surface area contributed by atoms with E-state index < -0.39 is 6.17 Å². The zero-order valence-electron chi connectivity index (χ0n) is 10.5. The second-order valence-electron chi connectivity index (χ2n) is 4.06. The minimum atomic E-state index is -0.732. The first-order chi connectivity index (χ1) is 8.09. The van der Waals surface area contributed by atoms with Crippen molar-refractivity contribution in [2.45, 2.75) is 32.4 Å². The molecule has 0 bridgehead atoms. The number of ether oxygens (including phenoxy) is 1. The van der Waals surface area contributed by atoms with Crippen LogP contribution in [0.4, 0.5) is 4.39 Å². The highest BCUT2D eigenvalue weighted by Crippen LogP contribution is 2.13. The third kappa shape index (κ3) is 6.45. The van der Waals surface area contributed by atoms with Crippen LogP contribution in [0, 0.1) is 5.41 Å². The Morgan fingerprint density at radius 1 is 1.33 bits per heavy atom. The monoisotopic (exact) mass is 274 g/mol. The molecule has 3 nitrogen and oxygen atoms in total. The molecular weight excluding hydrogens is 255 g/mol. The Balaban J connectivity index is 0.00000289. The van der Waals surface area contributed by atoms with Gasteiger partial charge < -0.3 is 10.5 Å². The fourth-order valence-corrected chi connectivity index (χ4v) is 1.45. The van der Waals surface area contributed by atoms with Crippen LogP contribution in [0.1, 0.15) is 31.7 Å². The summed E-state index contributed by atoms with van der Waals surface area (Å²) in [6.45, 7) is 2.16. The van der Waals surface area contributed by atoms with Gasteiger partial charge in [-0.05, 0) is 50.5 Å². The summed E-state index contributed by atoms with van der Waals surface area (Å²) in [5, 5.41) is 7.24. The third-order valence-corrected chi connectivity index (χ3v) is 2.43. The maximum atomic E-state index is 12.5. The molecule has 0 aliphatic carbocycles. The molecule has 1 aromatic rings. The number of halogens is 2. The average Bonchev–Trinajstić information content (AvgIpc) is 2.29. The fourth-order valence-electron chi connectivity index (χ4n) is 1.45. The molecule has 0 saturated heterocycles. The van der Waals surface area contributed by atoms with Crippen LogP contribution in [0.2, 0.25) is 0 Å². The lowest BCUT2D eigenvalue weighted by Crippen LogP contribution is -2.10. The molecule has 0 spiro atoms. The first-order valence-electron chi connectivity index (χ1n) is 5.81. The zero-order chi connectivity index (χ0) is 12.7. The van der Waals surface area contributed by atoms with Gasteiger partial charge in [-0.2, -0.15) is 0 Å². The van der Waals surface area contributed by atoms with Gasteiger partial charge in [-0.25, -0.2) is 4.39 Å². The molecule has 0 amide bonds. The third-order valence-electron chi connectivity index (χ3n) is 2.43. The first kappa shape index (κ1) is 16.7. The van der Waals surface area contributed by atoms with Crippen molar-refractivity contribution >= 4 is 18.2 Å². The van der Waals surface area contributed by atoms with Gasteiger partial charge in [-0.3, -0.25) is 5.41 Å². The van der Waals surface area contributed by atoms with Gasteiger partial charge in [-0.1, -0.05) is 0 Å². The van der Waals surface area contributed by atoms with Gasteiger partial charge in [-0.15, -0.1) is 12.4 Å². The number of benzene rings is 1. The molecule has 0 aliphatic rings. The van der Waals surface area contributed by atoms with Gasteiger partial charge in [0.2, 0.25) is 0 Å². The minimum absolute atomic E-state index is 0. The van der Waals surface area contributed by atoms with E-state index in [9.17, 15) is 4.39 Å². The van der Waals surface area contributed by atoms with Crippen LogP contribution < -0.4 is 10.5 Å². The zero-order valence-corrected chi connectivity index (χ0v) is 11.3. The molecule has 1 rings (SSSR count). The highest BCUT2D eigenvalue weighted by Gasteiger charge is 1.99. The summed E-state index contributed by atoms with van der Waals surface area (Å²) in [6.07, 6.45) is 1.54. The summed E-state index contributed by atoms with van der Waals surface area (Å²) in [5.74, 6) is 0.803. The van der Waals surface area contributed by atoms with Crippen molar-refractivity contribution < 1.29 is 9.13 Å². The van der Waals surface area contributed by atoms with Crippen molar-refractivity contribution in [3.05, 3.63) is 29.8 Å². The molecule has 0 saturated carbocycles. The van der Waals surface area contributed by atoms with Crippen LogP contribution in [0.25, 0.3) is 0 Å². The van der Waals surface area contributed by atoms with Crippen LogP contribution >= 0.6 is 12.4 Å². The van der Waals surface area contributed by atoms with Gasteiger partial charge in [0.25, 0.3) is 0 Å². The Morgan fingerprint density at radius 3 is 2.44 bits per heavy atom. The molecule has 0 fully saturated rings. The maximum Gasteiger partial charge on any atom is 0.122 e. The molecule has 0 unspecified atom stereocenters. The van der Waals surface area contributed by atoms with Crippen molar-refractivity contribution in [3.63, 3.8) is 0 Å². The van der Waals surface area contributed by atoms with Crippen molar-refractivity contribution in [1.29, 1.82) is 5.41 Å². The average molecular weight is 275 g/mol. The van der Waals surface area contributed by atoms with Crippen LogP contribution in [-0.2, 0) is 0 Å². The molecule has 0 aliphatic heterocycles. The molecule has 0 aromatic heterocycles. The SMILES string of the molecule is C[C@H](F)CCCCOc1ccc(C(=N)N)cc1.Cl. The minimum Gasteiger partial charge on any atom is -0.494 e. The van der Waals surface area contributed by atoms with E-state index >= 15 is 0 Å². The number of nitrogens with two attached hydrogens (primary N) is 1. The predicted octanol–water partition coefficient (Wildman–Crippen LogP) is 3.30. The van der Waals surface area contributed by atoms with E-state index in [1.165, 1.54) is 0 Å². The summed E-state index contributed by atoms with van der Waals surface area (Å²) in [5.41, 5.74) is 6.02. The van der Waals surface area contributed by atoms with E-state index in [1.807, 2.05) is 0 Å². The van der Waals surface area contributed by atoms with Gasteiger partial charge in [0.15, 0.2) is 0 Å². The number of rotatable bonds is 7. The summed E-state index contributed by atoms with van der Waals surface area (Å²) in [4.78, 5) is 0. The summed E-state index contributed by atoms with van der Waals surface area (Å²) < 4.78 is 18.0. The summed E-state index contributed by atoms with van der Waals surface area (Å²) >= 11 is 0. The van der Waals surface area contributed by atoms with Gasteiger partial charge in [0, 0.05) is 5.56 Å². The molecule has 0 heterocycles. The number of amidine groups is 1. The van der Waals surface area contributed by atoms with E-state index in [2.05, 4.69) is 0 Å². The van der Waals surface area contributed by atoms with Crippen molar-refractivity contribution in [2.75, 3.05) is 6.61 Å². The molecule has 18 heavy (non-hydrogen) atoms. The Bertz CT molecular complexity index is 355. The smallest absolute Gasteiger partial charge is 0.122 e. The lowest BCUT2D eigenvalue weighted by molar-refractivity contribution is 0.284. The Kier molecular flexibility index (Phi) is 8.12. The van der Waals surface area contributed by atoms with Crippen molar-refractivity contribution in [3.8, 4) is 5.75 Å². The van der Waals surface area contributed by atoms with E-state index in [4.69, 9.17) is 15.9 Å². The van der Waals surface area contributed by atoms with Gasteiger partial charge in [0.05, 0.1) is 12.8 Å². The van der Waals surface area contributed by atoms with Crippen LogP contribution in [-0.4, -0.2) is 18.6 Å². The highest BCUT2D eigenvalue weighted by molar-refractivity contribution is 5.94. The summed E-state index contributed by atoms with van der Waals surface area (Å²) in [6, 6.07) is 7.08. The molecule has 1 atom stereocenters. The van der Waals surface area contributed by atoms with Crippen LogP contribution in [0.15, 0.2) is 24.3 Å². The highest BCUT2D eigenvalue weighted by atomic mass is 35.5. The predicted molar refractivity (Wildman–Crippen MR) is 74.6 cm³/mol. The molecule has 0 radical (unpaired) electrons. The molecule has 102 valence electrons. The van der Waals surface area contributed by atoms with Crippen LogP contribution in [0.3, 0.4) is 0 Å². The quantitative estimate of drug-likeness (QED) is 0.455. The normalized spacial score (nSPS) is 11.4. The lowest BCUT2D eigenvalue weighted by atomic mass is 10.2. The Hall–Kier alpha value is -1.29. The van der Waals surface area contributed by atoms with E-state index in [0.29, 0.717) is 18.6 Å². The lowest BCUT2D eigenvalue weighted by Gasteiger charge is -2.07. The Morgan fingerprint density at radius 2 is 1.94 bits per heavy atom. The number of hydrogen-bond acceptors (Lipinski definition) is 2. The fraction of sp³-hybridized carbons (Fsp3) is 0.462. The van der Waals surface area contributed by atoms with Crippen LogP contribution in [0.5, 0.6) is 5.75 Å². The number of hydrogen-bond donors (Lipinski definition) is 2. The topological polar surface area (TPSA) is 59.1 Å². The molecule has 1 aromatic carbocycles. The van der Waals surface area contributed by atoms with Crippen molar-refractivity contribution in [2.24, 2.45) is 5.73 Å². The second-order valence-corrected chi connectivity index (χ2v) is 4.06. The van der Waals surface area contributed by atoms with Gasteiger partial charge >= 0.3 is 0 Å². The largest absolute Gasteiger partial charge is 0.494 e. The maximum absolute atomic E-state index is 12.5. The number of nitrogens with one attached hydrogen (secondary N) is 1. The van der Waals surface area contributed by atoms with Gasteiger partial charge in [0.1, 0.15) is 11.6 Å². The number of nitrogen functional groups attached to an aromatic ring is 1. The first-order valence-corrected chi connectivity index (χ1v) is 5.81. The molecular formula is C13H20ClFN2O. The second kappa shape index (κ2) is 8.75. The molecule has 5 heteroatoms. The standard InChI is InChI=1S/C13H19FN2O.ClH/c1-10(14)4-2-3-9-17-12-7-5-11(6-8-12)13(15)16;/h5-8,10H,2-4,9H2,1H3,(H3,15,16);1H/t10-;/m0./s1. The van der Waals surface area contributed by atoms with E-state index in [1.54, 1.807) is 31.2 Å². The van der Waals surface area contributed by atoms with E-state index in [0.717, 1.165) is 18.6 Å². The molecule has 3 N–H and O–H groups in total. The van der Waals surface area contributed by atoms with Crippen molar-refractivity contribution in [1.82, 2.24) is 0 Å². The number of unbranched alkanes of at least 4 members (excludes halogenated alkanes) is 1.